The number of aromatic nitrogens is 2. The van der Waals surface area contributed by atoms with Gasteiger partial charge in [0.25, 0.3) is 0 Å². The minimum Gasteiger partial charge on any atom is -0.438 e. The Bertz CT molecular complexity index is 856. The second kappa shape index (κ2) is 9.96. The summed E-state index contributed by atoms with van der Waals surface area (Å²) < 4.78 is 46.4. The zero-order chi connectivity index (χ0) is 21.6. The summed E-state index contributed by atoms with van der Waals surface area (Å²) in [6.07, 6.45) is -1.61. The fraction of sp³-hybridized carbons (Fsp3) is 0.450. The summed E-state index contributed by atoms with van der Waals surface area (Å²) in [5.74, 6) is 0.997. The Morgan fingerprint density at radius 3 is 2.66 bits per heavy atom. The van der Waals surface area contributed by atoms with Gasteiger partial charge in [-0.1, -0.05) is 25.6 Å². The van der Waals surface area contributed by atoms with Crippen molar-refractivity contribution in [3.8, 4) is 11.6 Å². The first-order valence-electron chi connectivity index (χ1n) is 9.20. The molecule has 0 N–H and O–H groups in total. The molecule has 0 bridgehead atoms. The van der Waals surface area contributed by atoms with Gasteiger partial charge in [0.2, 0.25) is 5.88 Å². The average molecular weight is 427 g/mol. The number of aliphatic imine (C=N–C) groups is 1. The van der Waals surface area contributed by atoms with E-state index in [9.17, 15) is 13.2 Å². The molecule has 0 spiro atoms. The number of benzene rings is 1. The quantitative estimate of drug-likeness (QED) is 0.226. The van der Waals surface area contributed by atoms with Gasteiger partial charge < -0.3 is 9.64 Å². The Hall–Kier alpha value is -2.29. The van der Waals surface area contributed by atoms with Crippen LogP contribution in [0.5, 0.6) is 11.6 Å². The van der Waals surface area contributed by atoms with Crippen molar-refractivity contribution in [3.63, 3.8) is 0 Å². The van der Waals surface area contributed by atoms with Crippen molar-refractivity contribution in [1.29, 1.82) is 0 Å². The monoisotopic (exact) mass is 426 g/mol. The Balaban J connectivity index is 2.36. The molecule has 2 rings (SSSR count). The van der Waals surface area contributed by atoms with Gasteiger partial charge in [-0.2, -0.15) is 18.2 Å². The second-order valence-corrected chi connectivity index (χ2v) is 7.92. The Morgan fingerprint density at radius 1 is 1.31 bits per heavy atom. The van der Waals surface area contributed by atoms with Crippen molar-refractivity contribution in [2.75, 3.05) is 19.3 Å². The van der Waals surface area contributed by atoms with E-state index in [1.807, 2.05) is 6.92 Å². The number of ether oxygens (including phenoxy) is 1. The van der Waals surface area contributed by atoms with Crippen molar-refractivity contribution in [2.45, 2.75) is 39.0 Å². The van der Waals surface area contributed by atoms with E-state index in [2.05, 4.69) is 28.8 Å². The van der Waals surface area contributed by atoms with Gasteiger partial charge in [0.05, 0.1) is 12.0 Å². The van der Waals surface area contributed by atoms with Crippen LogP contribution in [0.2, 0.25) is 0 Å². The molecule has 0 unspecified atom stereocenters. The summed E-state index contributed by atoms with van der Waals surface area (Å²) in [5, 5.41) is 0.463. The molecule has 0 fully saturated rings. The highest BCUT2D eigenvalue weighted by Gasteiger charge is 2.35. The zero-order valence-electron chi connectivity index (χ0n) is 17.1. The average Bonchev–Trinajstić information content (AvgIpc) is 2.64. The molecule has 2 aromatic rings. The van der Waals surface area contributed by atoms with Gasteiger partial charge in [0.15, 0.2) is 5.16 Å². The molecule has 0 radical (unpaired) electrons. The lowest BCUT2D eigenvalue weighted by atomic mass is 10.1. The molecule has 1 aromatic heterocycles. The molecule has 0 aliphatic rings. The van der Waals surface area contributed by atoms with E-state index in [1.165, 1.54) is 36.4 Å². The fourth-order valence-corrected chi connectivity index (χ4v) is 2.94. The first kappa shape index (κ1) is 23.0. The van der Waals surface area contributed by atoms with Gasteiger partial charge >= 0.3 is 6.18 Å². The molecule has 0 saturated carbocycles. The lowest BCUT2D eigenvalue weighted by molar-refractivity contribution is -0.138. The molecule has 5 nitrogen and oxygen atoms in total. The van der Waals surface area contributed by atoms with Crippen LogP contribution in [0.1, 0.15) is 31.9 Å². The van der Waals surface area contributed by atoms with Crippen LogP contribution in [0.3, 0.4) is 0 Å². The van der Waals surface area contributed by atoms with Crippen molar-refractivity contribution in [2.24, 2.45) is 10.9 Å². The van der Waals surface area contributed by atoms with Gasteiger partial charge in [0, 0.05) is 31.6 Å². The summed E-state index contributed by atoms with van der Waals surface area (Å²) in [4.78, 5) is 14.3. The van der Waals surface area contributed by atoms with Crippen LogP contribution in [-0.4, -0.2) is 40.6 Å². The Labute approximate surface area is 173 Å². The minimum atomic E-state index is -4.59. The zero-order valence-corrected chi connectivity index (χ0v) is 17.9. The number of nitrogens with zero attached hydrogens (tertiary/aromatic N) is 4. The van der Waals surface area contributed by atoms with E-state index in [0.717, 1.165) is 11.8 Å². The molecular weight excluding hydrogens is 401 g/mol. The number of rotatable bonds is 8. The topological polar surface area (TPSA) is 50.6 Å². The maximum atomic E-state index is 13.6. The standard InChI is InChI=1S/C20H25F3N4OS/c1-6-27(5)12-25-16-10-15(20(21,22)23)17(9-14(16)4)28-18-7-8-24-19(26-18)29-11-13(2)3/h7-10,12-13H,6,11H2,1-5H3/b25-12+. The van der Waals surface area contributed by atoms with Gasteiger partial charge in [-0.05, 0) is 37.5 Å². The molecule has 0 aliphatic heterocycles. The van der Waals surface area contributed by atoms with E-state index < -0.39 is 11.7 Å². The molecule has 9 heteroatoms. The van der Waals surface area contributed by atoms with Crippen molar-refractivity contribution in [1.82, 2.24) is 14.9 Å². The minimum absolute atomic E-state index is 0.0677. The summed E-state index contributed by atoms with van der Waals surface area (Å²) in [6.45, 7) is 8.44. The van der Waals surface area contributed by atoms with Crippen LogP contribution in [0, 0.1) is 12.8 Å². The highest BCUT2D eigenvalue weighted by Crippen LogP contribution is 2.41. The SMILES string of the molecule is CCN(C)/C=N/c1cc(C(F)(F)F)c(Oc2ccnc(SCC(C)C)n2)cc1C. The number of halogens is 3. The number of hydrogen-bond donors (Lipinski definition) is 0. The van der Waals surface area contributed by atoms with Crippen LogP contribution in [-0.2, 0) is 6.18 Å². The van der Waals surface area contributed by atoms with Gasteiger partial charge in [0.1, 0.15) is 11.3 Å². The van der Waals surface area contributed by atoms with Crippen LogP contribution >= 0.6 is 11.8 Å². The molecular formula is C20H25F3N4OS. The molecule has 1 aromatic carbocycles. The fourth-order valence-electron chi connectivity index (χ4n) is 2.16. The predicted octanol–water partition coefficient (Wildman–Crippen LogP) is 5.96. The molecule has 158 valence electrons. The summed E-state index contributed by atoms with van der Waals surface area (Å²) in [7, 11) is 1.80. The lowest BCUT2D eigenvalue weighted by Gasteiger charge is -2.16. The number of alkyl halides is 3. The molecule has 1 heterocycles. The van der Waals surface area contributed by atoms with E-state index >= 15 is 0 Å². The van der Waals surface area contributed by atoms with Crippen molar-refractivity contribution < 1.29 is 17.9 Å². The third-order valence-electron chi connectivity index (χ3n) is 3.86. The van der Waals surface area contributed by atoms with Gasteiger partial charge in [-0.3, -0.25) is 0 Å². The normalized spacial score (nSPS) is 12.0. The number of thioether (sulfide) groups is 1. The molecule has 0 atom stereocenters. The smallest absolute Gasteiger partial charge is 0.420 e. The number of hydrogen-bond acceptors (Lipinski definition) is 5. The van der Waals surface area contributed by atoms with Crippen molar-refractivity contribution in [3.05, 3.63) is 35.5 Å². The highest BCUT2D eigenvalue weighted by atomic mass is 32.2. The maximum absolute atomic E-state index is 13.6. The summed E-state index contributed by atoms with van der Waals surface area (Å²) in [6, 6.07) is 3.78. The largest absolute Gasteiger partial charge is 0.438 e. The van der Waals surface area contributed by atoms with E-state index in [0.29, 0.717) is 23.2 Å². The maximum Gasteiger partial charge on any atom is 0.420 e. The third kappa shape index (κ3) is 6.92. The Morgan fingerprint density at radius 2 is 2.03 bits per heavy atom. The summed E-state index contributed by atoms with van der Waals surface area (Å²) in [5.41, 5.74) is -0.0950. The second-order valence-electron chi connectivity index (χ2n) is 6.93. The molecule has 0 aliphatic carbocycles. The number of aryl methyl sites for hydroxylation is 1. The van der Waals surface area contributed by atoms with Crippen molar-refractivity contribution >= 4 is 23.8 Å². The Kier molecular flexibility index (Phi) is 7.89. The third-order valence-corrected chi connectivity index (χ3v) is 5.15. The molecule has 0 amide bonds. The van der Waals surface area contributed by atoms with Crippen LogP contribution in [0.25, 0.3) is 0 Å². The van der Waals surface area contributed by atoms with Crippen LogP contribution in [0.4, 0.5) is 18.9 Å². The van der Waals surface area contributed by atoms with E-state index in [4.69, 9.17) is 4.74 Å². The van der Waals surface area contributed by atoms with E-state index in [-0.39, 0.29) is 17.3 Å². The van der Waals surface area contributed by atoms with Crippen LogP contribution < -0.4 is 4.74 Å². The first-order valence-corrected chi connectivity index (χ1v) is 10.2. The molecule has 29 heavy (non-hydrogen) atoms. The first-order chi connectivity index (χ1) is 13.6. The highest BCUT2D eigenvalue weighted by molar-refractivity contribution is 7.99. The van der Waals surface area contributed by atoms with Gasteiger partial charge in [-0.25, -0.2) is 9.98 Å². The molecule has 0 saturated heterocycles. The van der Waals surface area contributed by atoms with Gasteiger partial charge in [-0.15, -0.1) is 0 Å². The predicted molar refractivity (Wildman–Crippen MR) is 110 cm³/mol. The van der Waals surface area contributed by atoms with Crippen LogP contribution in [0.15, 0.2) is 34.5 Å². The summed E-state index contributed by atoms with van der Waals surface area (Å²) >= 11 is 1.43. The van der Waals surface area contributed by atoms with E-state index in [1.54, 1.807) is 18.9 Å². The lowest BCUT2D eigenvalue weighted by Crippen LogP contribution is -2.14.